The molecule has 3 aromatic rings. The summed E-state index contributed by atoms with van der Waals surface area (Å²) in [5.74, 6) is 0.400. The number of nitrogens with one attached hydrogen (secondary N) is 1. The first-order chi connectivity index (χ1) is 15.1. The normalized spacial score (nSPS) is 14.5. The zero-order chi connectivity index (χ0) is 21.8. The number of nitriles is 1. The van der Waals surface area contributed by atoms with Gasteiger partial charge in [-0.2, -0.15) is 5.26 Å². The van der Waals surface area contributed by atoms with Gasteiger partial charge < -0.3 is 19.4 Å². The molecule has 31 heavy (non-hydrogen) atoms. The van der Waals surface area contributed by atoms with Gasteiger partial charge in [-0.3, -0.25) is 14.0 Å². The van der Waals surface area contributed by atoms with Crippen molar-refractivity contribution in [1.82, 2.24) is 14.7 Å². The Morgan fingerprint density at radius 3 is 2.84 bits per heavy atom. The van der Waals surface area contributed by atoms with Crippen LogP contribution in [0.4, 0.5) is 5.82 Å². The number of fused-ring (bicyclic) bond motifs is 1. The standard InChI is InChI=1S/C22H21N5O4/c1-15-4-2-6-27-19(15)25-20(26-7-10-30-11-8-26)18(22(27)29)12-16(13-23)21(28)24-14-17-5-3-9-31-17/h2-6,9,12H,7-8,10-11,14H2,1H3,(H,24,28)/b16-12+. The third-order valence-electron chi connectivity index (χ3n) is 5.03. The lowest BCUT2D eigenvalue weighted by atomic mass is 10.1. The van der Waals surface area contributed by atoms with Crippen LogP contribution in [0, 0.1) is 18.3 Å². The fraction of sp³-hybridized carbons (Fsp3) is 0.273. The summed E-state index contributed by atoms with van der Waals surface area (Å²) in [6, 6.07) is 8.96. The summed E-state index contributed by atoms with van der Waals surface area (Å²) in [4.78, 5) is 32.6. The lowest BCUT2D eigenvalue weighted by Crippen LogP contribution is -2.39. The highest BCUT2D eigenvalue weighted by Crippen LogP contribution is 2.21. The molecular weight excluding hydrogens is 398 g/mol. The lowest BCUT2D eigenvalue weighted by molar-refractivity contribution is -0.117. The molecule has 9 heteroatoms. The minimum Gasteiger partial charge on any atom is -0.467 e. The number of aryl methyl sites for hydroxylation is 1. The molecule has 3 aromatic heterocycles. The first-order valence-electron chi connectivity index (χ1n) is 9.85. The average Bonchev–Trinajstić information content (AvgIpc) is 3.31. The largest absolute Gasteiger partial charge is 0.467 e. The van der Waals surface area contributed by atoms with Crippen LogP contribution < -0.4 is 15.8 Å². The first kappa shape index (κ1) is 20.4. The van der Waals surface area contributed by atoms with Crippen molar-refractivity contribution in [2.75, 3.05) is 31.2 Å². The number of nitrogens with zero attached hydrogens (tertiary/aromatic N) is 4. The van der Waals surface area contributed by atoms with Gasteiger partial charge in [-0.05, 0) is 36.8 Å². The monoisotopic (exact) mass is 419 g/mol. The summed E-state index contributed by atoms with van der Waals surface area (Å²) in [7, 11) is 0. The number of aromatic nitrogens is 2. The number of ether oxygens (including phenoxy) is 1. The second-order valence-electron chi connectivity index (χ2n) is 7.07. The number of amides is 1. The summed E-state index contributed by atoms with van der Waals surface area (Å²) < 4.78 is 12.0. The van der Waals surface area contributed by atoms with Crippen molar-refractivity contribution in [3.8, 4) is 6.07 Å². The highest BCUT2D eigenvalue weighted by molar-refractivity contribution is 6.02. The van der Waals surface area contributed by atoms with Crippen LogP contribution in [0.5, 0.6) is 0 Å². The third-order valence-corrected chi connectivity index (χ3v) is 5.03. The molecule has 0 spiro atoms. The van der Waals surface area contributed by atoms with Gasteiger partial charge in [0.2, 0.25) is 0 Å². The number of furan rings is 1. The van der Waals surface area contributed by atoms with Gasteiger partial charge in [0.25, 0.3) is 11.5 Å². The number of hydrogen-bond acceptors (Lipinski definition) is 7. The SMILES string of the molecule is Cc1cccn2c(=O)c(/C=C(\C#N)C(=O)NCc3ccco3)c(N3CCOCC3)nc12. The van der Waals surface area contributed by atoms with E-state index in [-0.39, 0.29) is 23.2 Å². The topological polar surface area (TPSA) is 113 Å². The molecule has 0 aromatic carbocycles. The molecule has 1 amide bonds. The number of carbonyl (C=O) groups excluding carboxylic acids is 1. The molecule has 1 N–H and O–H groups in total. The quantitative estimate of drug-likeness (QED) is 0.494. The van der Waals surface area contributed by atoms with E-state index in [1.807, 2.05) is 24.0 Å². The van der Waals surface area contributed by atoms with Crippen molar-refractivity contribution in [1.29, 1.82) is 5.26 Å². The minimum atomic E-state index is -0.597. The Bertz CT molecular complexity index is 1230. The zero-order valence-corrected chi connectivity index (χ0v) is 17.0. The Hall–Kier alpha value is -3.90. The molecule has 0 unspecified atom stereocenters. The van der Waals surface area contributed by atoms with Crippen LogP contribution in [0.25, 0.3) is 11.7 Å². The van der Waals surface area contributed by atoms with Crippen LogP contribution in [-0.4, -0.2) is 41.6 Å². The number of hydrogen-bond donors (Lipinski definition) is 1. The highest BCUT2D eigenvalue weighted by atomic mass is 16.5. The van der Waals surface area contributed by atoms with E-state index in [0.29, 0.717) is 43.5 Å². The van der Waals surface area contributed by atoms with E-state index in [4.69, 9.17) is 14.1 Å². The maximum atomic E-state index is 13.3. The predicted molar refractivity (Wildman–Crippen MR) is 113 cm³/mol. The first-order valence-corrected chi connectivity index (χ1v) is 9.85. The van der Waals surface area contributed by atoms with E-state index < -0.39 is 5.91 Å². The molecule has 1 aliphatic rings. The predicted octanol–water partition coefficient (Wildman–Crippen LogP) is 1.66. The van der Waals surface area contributed by atoms with Gasteiger partial charge in [0.1, 0.15) is 28.9 Å². The van der Waals surface area contributed by atoms with Crippen molar-refractivity contribution in [2.45, 2.75) is 13.5 Å². The van der Waals surface area contributed by atoms with Gasteiger partial charge in [-0.25, -0.2) is 4.98 Å². The maximum absolute atomic E-state index is 13.3. The Morgan fingerprint density at radius 1 is 1.32 bits per heavy atom. The summed E-state index contributed by atoms with van der Waals surface area (Å²) in [5, 5.41) is 12.2. The minimum absolute atomic E-state index is 0.134. The molecule has 4 rings (SSSR count). The number of morpholine rings is 1. The molecule has 0 saturated carbocycles. The maximum Gasteiger partial charge on any atom is 0.267 e. The highest BCUT2D eigenvalue weighted by Gasteiger charge is 2.22. The Balaban J connectivity index is 1.78. The Kier molecular flexibility index (Phi) is 5.82. The second kappa shape index (κ2) is 8.85. The molecule has 4 heterocycles. The molecule has 0 radical (unpaired) electrons. The molecule has 158 valence electrons. The van der Waals surface area contributed by atoms with E-state index in [1.54, 1.807) is 24.4 Å². The van der Waals surface area contributed by atoms with Crippen molar-refractivity contribution in [3.63, 3.8) is 0 Å². The van der Waals surface area contributed by atoms with Crippen LogP contribution in [0.15, 0.2) is 51.5 Å². The molecule has 0 aliphatic carbocycles. The second-order valence-corrected chi connectivity index (χ2v) is 7.07. The summed E-state index contributed by atoms with van der Waals surface area (Å²) in [6.45, 7) is 4.14. The van der Waals surface area contributed by atoms with Crippen LogP contribution >= 0.6 is 0 Å². The molecular formula is C22H21N5O4. The van der Waals surface area contributed by atoms with Gasteiger partial charge in [-0.15, -0.1) is 0 Å². The zero-order valence-electron chi connectivity index (χ0n) is 17.0. The van der Waals surface area contributed by atoms with Crippen molar-refractivity contribution < 1.29 is 13.9 Å². The van der Waals surface area contributed by atoms with Gasteiger partial charge in [0, 0.05) is 19.3 Å². The smallest absolute Gasteiger partial charge is 0.267 e. The van der Waals surface area contributed by atoms with E-state index in [0.717, 1.165) is 5.56 Å². The molecule has 9 nitrogen and oxygen atoms in total. The fourth-order valence-corrected chi connectivity index (χ4v) is 3.41. The average molecular weight is 419 g/mol. The number of rotatable bonds is 5. The summed E-state index contributed by atoms with van der Waals surface area (Å²) in [5.41, 5.74) is 1.04. The molecule has 0 bridgehead atoms. The fourth-order valence-electron chi connectivity index (χ4n) is 3.41. The van der Waals surface area contributed by atoms with E-state index in [2.05, 4.69) is 5.32 Å². The van der Waals surface area contributed by atoms with E-state index in [1.165, 1.54) is 16.7 Å². The lowest BCUT2D eigenvalue weighted by Gasteiger charge is -2.29. The summed E-state index contributed by atoms with van der Waals surface area (Å²) >= 11 is 0. The van der Waals surface area contributed by atoms with Crippen LogP contribution in [0.3, 0.4) is 0 Å². The number of anilines is 1. The van der Waals surface area contributed by atoms with Gasteiger partial charge in [0.15, 0.2) is 0 Å². The van der Waals surface area contributed by atoms with E-state index >= 15 is 0 Å². The van der Waals surface area contributed by atoms with E-state index in [9.17, 15) is 14.9 Å². The van der Waals surface area contributed by atoms with Crippen molar-refractivity contribution in [3.05, 3.63) is 69.5 Å². The van der Waals surface area contributed by atoms with Gasteiger partial charge >= 0.3 is 0 Å². The molecule has 0 atom stereocenters. The Labute approximate surface area is 178 Å². The van der Waals surface area contributed by atoms with Gasteiger partial charge in [0.05, 0.1) is 31.6 Å². The van der Waals surface area contributed by atoms with Crippen LogP contribution in [0.2, 0.25) is 0 Å². The summed E-state index contributed by atoms with van der Waals surface area (Å²) in [6.07, 6.45) is 4.44. The molecule has 1 fully saturated rings. The van der Waals surface area contributed by atoms with Gasteiger partial charge in [-0.1, -0.05) is 6.07 Å². The number of pyridine rings is 1. The Morgan fingerprint density at radius 2 is 2.13 bits per heavy atom. The van der Waals surface area contributed by atoms with Crippen LogP contribution in [0.1, 0.15) is 16.9 Å². The third kappa shape index (κ3) is 4.20. The molecule has 1 aliphatic heterocycles. The van der Waals surface area contributed by atoms with Crippen LogP contribution in [-0.2, 0) is 16.1 Å². The van der Waals surface area contributed by atoms with Crippen molar-refractivity contribution >= 4 is 23.4 Å². The number of carbonyl (C=O) groups is 1. The van der Waals surface area contributed by atoms with Crippen molar-refractivity contribution in [2.24, 2.45) is 0 Å². The molecule has 1 saturated heterocycles.